The molecular formula is C20H17N5O4S. The zero-order chi connectivity index (χ0) is 21.6. The van der Waals surface area contributed by atoms with Crippen molar-refractivity contribution < 1.29 is 18.3 Å². The topological polar surface area (TPSA) is 145 Å². The molecular weight excluding hydrogens is 406 g/mol. The van der Waals surface area contributed by atoms with Crippen molar-refractivity contribution in [2.24, 2.45) is 0 Å². The number of nitrogens with one attached hydrogen (secondary N) is 2. The highest BCUT2D eigenvalue weighted by atomic mass is 32.2. The lowest BCUT2D eigenvalue weighted by Crippen LogP contribution is -2.24. The Hall–Kier alpha value is -3.81. The monoisotopic (exact) mass is 423 g/mol. The van der Waals surface area contributed by atoms with E-state index in [1.54, 1.807) is 12.1 Å². The fourth-order valence-electron chi connectivity index (χ4n) is 2.50. The van der Waals surface area contributed by atoms with Crippen LogP contribution >= 0.6 is 0 Å². The summed E-state index contributed by atoms with van der Waals surface area (Å²) in [5.74, 6) is 0.0339. The number of nitriles is 1. The molecule has 1 aromatic heterocycles. The molecule has 30 heavy (non-hydrogen) atoms. The number of phenolic OH excluding ortho intramolecular Hbond substituents is 1. The predicted octanol–water partition coefficient (Wildman–Crippen LogP) is 2.29. The summed E-state index contributed by atoms with van der Waals surface area (Å²) in [5, 5.41) is 20.7. The van der Waals surface area contributed by atoms with Crippen LogP contribution in [0.15, 0.2) is 65.8 Å². The molecule has 1 heterocycles. The van der Waals surface area contributed by atoms with Crippen LogP contribution in [0.2, 0.25) is 0 Å². The number of sulfonamides is 1. The number of phenols is 1. The van der Waals surface area contributed by atoms with Crippen LogP contribution in [0.3, 0.4) is 0 Å². The number of aromatic nitrogens is 2. The molecule has 152 valence electrons. The Kier molecular flexibility index (Phi) is 6.36. The van der Waals surface area contributed by atoms with E-state index < -0.39 is 15.9 Å². The maximum atomic E-state index is 12.4. The first-order valence-electron chi connectivity index (χ1n) is 8.78. The summed E-state index contributed by atoms with van der Waals surface area (Å²) in [5.41, 5.74) is 1.25. The van der Waals surface area contributed by atoms with Gasteiger partial charge in [0.25, 0.3) is 5.91 Å². The normalized spacial score (nSPS) is 10.9. The summed E-state index contributed by atoms with van der Waals surface area (Å²) >= 11 is 0. The van der Waals surface area contributed by atoms with Crippen molar-refractivity contribution in [1.82, 2.24) is 14.7 Å². The van der Waals surface area contributed by atoms with Crippen molar-refractivity contribution in [3.63, 3.8) is 0 Å². The second-order valence-corrected chi connectivity index (χ2v) is 7.90. The van der Waals surface area contributed by atoms with Gasteiger partial charge < -0.3 is 10.4 Å². The molecule has 0 aliphatic carbocycles. The first-order chi connectivity index (χ1) is 14.4. The minimum Gasteiger partial charge on any atom is -0.508 e. The Morgan fingerprint density at radius 3 is 2.43 bits per heavy atom. The molecule has 3 N–H and O–H groups in total. The highest BCUT2D eigenvalue weighted by molar-refractivity contribution is 7.89. The van der Waals surface area contributed by atoms with Gasteiger partial charge in [-0.15, -0.1) is 0 Å². The average Bonchev–Trinajstić information content (AvgIpc) is 2.74. The van der Waals surface area contributed by atoms with Crippen molar-refractivity contribution in [3.8, 4) is 23.2 Å². The summed E-state index contributed by atoms with van der Waals surface area (Å²) in [6.07, 6.45) is 2.93. The minimum atomic E-state index is -3.74. The number of carbonyl (C=O) groups is 1. The third-order valence-corrected chi connectivity index (χ3v) is 5.45. The standard InChI is InChI=1S/C20H17N5O4S/c21-9-2-10-24-30(28,29)18-7-5-14(6-8-18)20(27)25-16-12-22-19(23-13-16)15-3-1-4-17(26)11-15/h1,3-8,11-13,24,26H,2,10H2,(H,25,27). The van der Waals surface area contributed by atoms with Gasteiger partial charge in [0.05, 0.1) is 29.0 Å². The molecule has 0 saturated carbocycles. The van der Waals surface area contributed by atoms with Crippen molar-refractivity contribution in [2.45, 2.75) is 11.3 Å². The molecule has 3 aromatic rings. The van der Waals surface area contributed by atoms with Gasteiger partial charge in [0.2, 0.25) is 10.0 Å². The van der Waals surface area contributed by atoms with Crippen LogP contribution in [-0.2, 0) is 10.0 Å². The summed E-state index contributed by atoms with van der Waals surface area (Å²) in [7, 11) is -3.74. The summed E-state index contributed by atoms with van der Waals surface area (Å²) < 4.78 is 26.5. The fourth-order valence-corrected chi connectivity index (χ4v) is 3.53. The summed E-state index contributed by atoms with van der Waals surface area (Å²) in [6.45, 7) is 0.0136. The number of hydrogen-bond acceptors (Lipinski definition) is 7. The second kappa shape index (κ2) is 9.13. The Balaban J connectivity index is 1.67. The van der Waals surface area contributed by atoms with E-state index in [9.17, 15) is 18.3 Å². The molecule has 9 nitrogen and oxygen atoms in total. The van der Waals surface area contributed by atoms with Gasteiger partial charge in [-0.3, -0.25) is 4.79 Å². The van der Waals surface area contributed by atoms with E-state index >= 15 is 0 Å². The Morgan fingerprint density at radius 1 is 1.10 bits per heavy atom. The van der Waals surface area contributed by atoms with Crippen LogP contribution in [-0.4, -0.2) is 35.9 Å². The molecule has 1 amide bonds. The summed E-state index contributed by atoms with van der Waals surface area (Å²) in [4.78, 5) is 20.7. The maximum Gasteiger partial charge on any atom is 0.255 e. The Morgan fingerprint density at radius 2 is 1.80 bits per heavy atom. The first kappa shape index (κ1) is 20.9. The molecule has 0 radical (unpaired) electrons. The molecule has 2 aromatic carbocycles. The van der Waals surface area contributed by atoms with Gasteiger partial charge in [-0.1, -0.05) is 12.1 Å². The second-order valence-electron chi connectivity index (χ2n) is 6.13. The molecule has 0 fully saturated rings. The van der Waals surface area contributed by atoms with Gasteiger partial charge in [0, 0.05) is 24.1 Å². The predicted molar refractivity (Wildman–Crippen MR) is 109 cm³/mol. The van der Waals surface area contributed by atoms with E-state index in [4.69, 9.17) is 5.26 Å². The molecule has 10 heteroatoms. The third kappa shape index (κ3) is 5.16. The number of anilines is 1. The minimum absolute atomic E-state index is 0.00390. The Bertz CT molecular complexity index is 1190. The molecule has 0 aliphatic rings. The average molecular weight is 423 g/mol. The third-order valence-electron chi connectivity index (χ3n) is 3.97. The number of amides is 1. The lowest BCUT2D eigenvalue weighted by molar-refractivity contribution is 0.102. The Labute approximate surface area is 173 Å². The van der Waals surface area contributed by atoms with Crippen LogP contribution < -0.4 is 10.0 Å². The van der Waals surface area contributed by atoms with Crippen LogP contribution in [0.1, 0.15) is 16.8 Å². The lowest BCUT2D eigenvalue weighted by atomic mass is 10.2. The van der Waals surface area contributed by atoms with Crippen molar-refractivity contribution >= 4 is 21.6 Å². The molecule has 0 bridgehead atoms. The van der Waals surface area contributed by atoms with Crippen molar-refractivity contribution in [2.75, 3.05) is 11.9 Å². The maximum absolute atomic E-state index is 12.4. The largest absolute Gasteiger partial charge is 0.508 e. The number of aromatic hydroxyl groups is 1. The quantitative estimate of drug-likeness (QED) is 0.494. The summed E-state index contributed by atoms with van der Waals surface area (Å²) in [6, 6.07) is 13.7. The van der Waals surface area contributed by atoms with Gasteiger partial charge in [-0.05, 0) is 36.4 Å². The van der Waals surface area contributed by atoms with Gasteiger partial charge in [0.15, 0.2) is 5.82 Å². The van der Waals surface area contributed by atoms with E-state index in [2.05, 4.69) is 20.0 Å². The first-order valence-corrected chi connectivity index (χ1v) is 10.3. The number of benzene rings is 2. The number of nitrogens with zero attached hydrogens (tertiary/aromatic N) is 3. The fraction of sp³-hybridized carbons (Fsp3) is 0.100. The van der Waals surface area contributed by atoms with E-state index in [1.165, 1.54) is 48.8 Å². The number of carbonyl (C=O) groups excluding carboxylic acids is 1. The molecule has 0 aliphatic heterocycles. The van der Waals surface area contributed by atoms with Gasteiger partial charge in [-0.25, -0.2) is 23.1 Å². The number of rotatable bonds is 7. The molecule has 0 saturated heterocycles. The smallest absolute Gasteiger partial charge is 0.255 e. The molecule has 3 rings (SSSR count). The number of hydrogen-bond donors (Lipinski definition) is 3. The highest BCUT2D eigenvalue weighted by Gasteiger charge is 2.15. The van der Waals surface area contributed by atoms with Crippen molar-refractivity contribution in [1.29, 1.82) is 5.26 Å². The zero-order valence-electron chi connectivity index (χ0n) is 15.6. The van der Waals surface area contributed by atoms with Crippen LogP contribution in [0, 0.1) is 11.3 Å². The van der Waals surface area contributed by atoms with E-state index in [0.717, 1.165) is 0 Å². The SMILES string of the molecule is N#CCCNS(=O)(=O)c1ccc(C(=O)Nc2cnc(-c3cccc(O)c3)nc2)cc1. The zero-order valence-corrected chi connectivity index (χ0v) is 16.4. The van der Waals surface area contributed by atoms with Gasteiger partial charge in [0.1, 0.15) is 5.75 Å². The van der Waals surface area contributed by atoms with E-state index in [1.807, 2.05) is 6.07 Å². The lowest BCUT2D eigenvalue weighted by Gasteiger charge is -2.08. The van der Waals surface area contributed by atoms with Crippen LogP contribution in [0.25, 0.3) is 11.4 Å². The van der Waals surface area contributed by atoms with E-state index in [0.29, 0.717) is 17.1 Å². The van der Waals surface area contributed by atoms with Crippen LogP contribution in [0.5, 0.6) is 5.75 Å². The van der Waals surface area contributed by atoms with Crippen LogP contribution in [0.4, 0.5) is 5.69 Å². The van der Waals surface area contributed by atoms with Crippen molar-refractivity contribution in [3.05, 3.63) is 66.5 Å². The molecule has 0 unspecified atom stereocenters. The molecule has 0 atom stereocenters. The van der Waals surface area contributed by atoms with Gasteiger partial charge >= 0.3 is 0 Å². The highest BCUT2D eigenvalue weighted by Crippen LogP contribution is 2.20. The van der Waals surface area contributed by atoms with Gasteiger partial charge in [-0.2, -0.15) is 5.26 Å². The molecule has 0 spiro atoms. The van der Waals surface area contributed by atoms with E-state index in [-0.39, 0.29) is 29.2 Å².